The first-order valence-electron chi connectivity index (χ1n) is 4.95. The normalized spacial score (nSPS) is 8.31. The molecule has 0 aromatic rings. The van der Waals surface area contributed by atoms with E-state index in [1.165, 1.54) is 25.7 Å². The third-order valence-electron chi connectivity index (χ3n) is 0.957. The van der Waals surface area contributed by atoms with Crippen LogP contribution in [0.5, 0.6) is 0 Å². The van der Waals surface area contributed by atoms with E-state index in [1.54, 1.807) is 13.8 Å². The Hall–Kier alpha value is 0.540. The highest BCUT2D eigenvalue weighted by Crippen LogP contribution is 1.95. The monoisotopic (exact) mass is 230 g/mol. The summed E-state index contributed by atoms with van der Waals surface area (Å²) < 4.78 is 0. The van der Waals surface area contributed by atoms with Gasteiger partial charge in [0.15, 0.2) is 0 Å². The van der Waals surface area contributed by atoms with Crippen LogP contribution < -0.4 is 0 Å². The molecule has 0 heterocycles. The minimum absolute atomic E-state index is 0.222. The first-order chi connectivity index (χ1) is 6.06. The van der Waals surface area contributed by atoms with Gasteiger partial charge in [-0.25, -0.2) is 0 Å². The molecular formula is C10H24Cl2O. The quantitative estimate of drug-likeness (QED) is 0.564. The van der Waals surface area contributed by atoms with Crippen molar-refractivity contribution in [1.82, 2.24) is 0 Å². The molecule has 0 aliphatic heterocycles. The average molecular weight is 231 g/mol. The Bertz CT molecular complexity index is 52.1. The Kier molecular flexibility index (Phi) is 33.8. The second-order valence-corrected chi connectivity index (χ2v) is 4.07. The lowest BCUT2D eigenvalue weighted by molar-refractivity contribution is 0.318. The highest BCUT2D eigenvalue weighted by molar-refractivity contribution is 6.43. The summed E-state index contributed by atoms with van der Waals surface area (Å²) in [7, 11) is 0. The largest absolute Gasteiger partial charge is 0.397 e. The molecule has 0 saturated carbocycles. The van der Waals surface area contributed by atoms with Crippen LogP contribution in [-0.4, -0.2) is 16.5 Å². The van der Waals surface area contributed by atoms with Gasteiger partial charge in [0.2, 0.25) is 0 Å². The van der Waals surface area contributed by atoms with Gasteiger partial charge in [-0.3, -0.25) is 0 Å². The molecule has 0 aliphatic carbocycles. The molecule has 0 amide bonds. The van der Waals surface area contributed by atoms with Gasteiger partial charge in [0, 0.05) is 6.61 Å². The van der Waals surface area contributed by atoms with E-state index in [0.717, 1.165) is 0 Å². The Morgan fingerprint density at radius 2 is 1.15 bits per heavy atom. The fourth-order valence-electron chi connectivity index (χ4n) is 0.500. The van der Waals surface area contributed by atoms with E-state index in [4.69, 9.17) is 28.3 Å². The molecule has 13 heavy (non-hydrogen) atoms. The second-order valence-electron chi connectivity index (χ2n) is 2.54. The Labute approximate surface area is 93.4 Å². The highest BCUT2D eigenvalue weighted by atomic mass is 35.5. The molecule has 0 atom stereocenters. The lowest BCUT2D eigenvalue weighted by Crippen LogP contribution is -1.66. The van der Waals surface area contributed by atoms with Crippen LogP contribution in [-0.2, 0) is 0 Å². The molecule has 1 nitrogen and oxygen atoms in total. The second kappa shape index (κ2) is 22.9. The predicted octanol–water partition coefficient (Wildman–Crippen LogP) is 4.40. The van der Waals surface area contributed by atoms with E-state index < -0.39 is 0 Å². The molecule has 0 saturated heterocycles. The van der Waals surface area contributed by atoms with Crippen LogP contribution in [0.1, 0.15) is 53.4 Å². The third kappa shape index (κ3) is 111. The summed E-state index contributed by atoms with van der Waals surface area (Å²) in [6.45, 7) is 8.09. The number of unbranched alkanes of at least 4 members (excludes halogenated alkanes) is 3. The topological polar surface area (TPSA) is 20.2 Å². The van der Waals surface area contributed by atoms with Gasteiger partial charge in [-0.1, -0.05) is 39.5 Å². The molecule has 0 rings (SSSR count). The summed E-state index contributed by atoms with van der Waals surface area (Å²) in [5, 5.41) is 7.57. The fourth-order valence-corrected chi connectivity index (χ4v) is 0.500. The van der Waals surface area contributed by atoms with Crippen molar-refractivity contribution >= 4 is 23.2 Å². The van der Waals surface area contributed by atoms with Crippen LogP contribution >= 0.6 is 23.2 Å². The summed E-state index contributed by atoms with van der Waals surface area (Å²) >= 11 is 10.1. The maximum Gasteiger partial charge on any atom is 0.105 e. The van der Waals surface area contributed by atoms with Gasteiger partial charge >= 0.3 is 0 Å². The van der Waals surface area contributed by atoms with Gasteiger partial charge in [0.05, 0.1) is 0 Å². The summed E-state index contributed by atoms with van der Waals surface area (Å²) in [4.78, 5) is -0.222. The van der Waals surface area contributed by atoms with Crippen LogP contribution in [0.15, 0.2) is 0 Å². The molecule has 0 unspecified atom stereocenters. The number of hydrogen-bond acceptors (Lipinski definition) is 1. The smallest absolute Gasteiger partial charge is 0.105 e. The van der Waals surface area contributed by atoms with Gasteiger partial charge < -0.3 is 5.11 Å². The van der Waals surface area contributed by atoms with Crippen molar-refractivity contribution in [2.24, 2.45) is 0 Å². The maximum atomic E-state index is 7.57. The molecule has 3 heteroatoms. The SMILES string of the molecule is CC(Cl)Cl.CCCCCC.CCO. The van der Waals surface area contributed by atoms with Crippen LogP contribution in [0.25, 0.3) is 0 Å². The summed E-state index contributed by atoms with van der Waals surface area (Å²) in [6.07, 6.45) is 5.54. The van der Waals surface area contributed by atoms with Crippen molar-refractivity contribution in [3.63, 3.8) is 0 Å². The van der Waals surface area contributed by atoms with Gasteiger partial charge in [0.25, 0.3) is 0 Å². The van der Waals surface area contributed by atoms with Crippen molar-refractivity contribution in [2.45, 2.75) is 58.2 Å². The first-order valence-corrected chi connectivity index (χ1v) is 5.82. The molecule has 1 N–H and O–H groups in total. The van der Waals surface area contributed by atoms with Crippen molar-refractivity contribution in [3.05, 3.63) is 0 Å². The van der Waals surface area contributed by atoms with Gasteiger partial charge in [-0.15, -0.1) is 23.2 Å². The van der Waals surface area contributed by atoms with Gasteiger partial charge in [-0.05, 0) is 13.8 Å². The lowest BCUT2D eigenvalue weighted by atomic mass is 10.2. The molecular weight excluding hydrogens is 207 g/mol. The van der Waals surface area contributed by atoms with Crippen molar-refractivity contribution < 1.29 is 5.11 Å². The van der Waals surface area contributed by atoms with Crippen molar-refractivity contribution in [2.75, 3.05) is 6.61 Å². The molecule has 84 valence electrons. The maximum absolute atomic E-state index is 7.57. The van der Waals surface area contributed by atoms with Crippen LogP contribution in [0, 0.1) is 0 Å². The van der Waals surface area contributed by atoms with Crippen LogP contribution in [0.3, 0.4) is 0 Å². The zero-order valence-electron chi connectivity index (χ0n) is 9.32. The lowest BCUT2D eigenvalue weighted by Gasteiger charge is -1.86. The number of rotatable bonds is 3. The zero-order chi connectivity index (χ0) is 11.1. The van der Waals surface area contributed by atoms with Crippen LogP contribution in [0.2, 0.25) is 0 Å². The van der Waals surface area contributed by atoms with Crippen molar-refractivity contribution in [1.29, 1.82) is 0 Å². The van der Waals surface area contributed by atoms with E-state index in [1.807, 2.05) is 0 Å². The van der Waals surface area contributed by atoms with E-state index in [0.29, 0.717) is 0 Å². The number of aliphatic hydroxyl groups is 1. The number of aliphatic hydroxyl groups excluding tert-OH is 1. The van der Waals surface area contributed by atoms with E-state index in [-0.39, 0.29) is 11.4 Å². The Balaban J connectivity index is -0.000000125. The summed E-state index contributed by atoms with van der Waals surface area (Å²) in [6, 6.07) is 0. The highest BCUT2D eigenvalue weighted by Gasteiger charge is 1.75. The fraction of sp³-hybridized carbons (Fsp3) is 1.00. The van der Waals surface area contributed by atoms with Crippen LogP contribution in [0.4, 0.5) is 0 Å². The predicted molar refractivity (Wildman–Crippen MR) is 63.7 cm³/mol. The molecule has 0 aliphatic rings. The summed E-state index contributed by atoms with van der Waals surface area (Å²) in [5.74, 6) is 0. The third-order valence-corrected chi connectivity index (χ3v) is 0.957. The first kappa shape index (κ1) is 19.2. The summed E-state index contributed by atoms with van der Waals surface area (Å²) in [5.41, 5.74) is 0. The van der Waals surface area contributed by atoms with Gasteiger partial charge in [-0.2, -0.15) is 0 Å². The molecule has 0 aromatic heterocycles. The van der Waals surface area contributed by atoms with E-state index in [2.05, 4.69) is 13.8 Å². The standard InChI is InChI=1S/C6H14.C2H4Cl2.C2H6O/c1-3-5-6-4-2;1-2(3)4;1-2-3/h3-6H2,1-2H3;2H,1H3;3H,2H2,1H3. The van der Waals surface area contributed by atoms with Crippen molar-refractivity contribution in [3.8, 4) is 0 Å². The van der Waals surface area contributed by atoms with E-state index in [9.17, 15) is 0 Å². The molecule has 0 fully saturated rings. The molecule has 0 spiro atoms. The Morgan fingerprint density at radius 1 is 1.00 bits per heavy atom. The average Bonchev–Trinajstić information content (AvgIpc) is 2.01. The molecule has 0 bridgehead atoms. The Morgan fingerprint density at radius 3 is 1.23 bits per heavy atom. The molecule has 0 aromatic carbocycles. The number of hydrogen-bond donors (Lipinski definition) is 1. The number of alkyl halides is 2. The minimum atomic E-state index is -0.222. The number of halogens is 2. The minimum Gasteiger partial charge on any atom is -0.397 e. The van der Waals surface area contributed by atoms with Gasteiger partial charge in [0.1, 0.15) is 4.84 Å². The zero-order valence-corrected chi connectivity index (χ0v) is 10.8. The molecule has 0 radical (unpaired) electrons. The van der Waals surface area contributed by atoms with E-state index >= 15 is 0 Å².